The first-order valence-electron chi connectivity index (χ1n) is 4.81. The maximum Gasteiger partial charge on any atom is 0.298 e. The standard InChI is InChI=1S/C11H14F3NO.ClH/c1-7(15)8-4-3-5-9(10(8)12)11(13,14)6-16-2;/h3-5,7H,6,15H2,1-2H3;1H. The van der Waals surface area contributed by atoms with E-state index < -0.39 is 30.0 Å². The van der Waals surface area contributed by atoms with Gasteiger partial charge in [0.05, 0.1) is 5.56 Å². The molecule has 6 heteroatoms. The topological polar surface area (TPSA) is 35.2 Å². The summed E-state index contributed by atoms with van der Waals surface area (Å²) in [5.41, 5.74) is 4.88. The van der Waals surface area contributed by atoms with Gasteiger partial charge in [0, 0.05) is 18.7 Å². The van der Waals surface area contributed by atoms with Crippen LogP contribution in [0.3, 0.4) is 0 Å². The first-order valence-corrected chi connectivity index (χ1v) is 4.81. The van der Waals surface area contributed by atoms with E-state index in [1.54, 1.807) is 0 Å². The quantitative estimate of drug-likeness (QED) is 0.912. The predicted octanol–water partition coefficient (Wildman–Crippen LogP) is 3.01. The normalized spacial score (nSPS) is 13.1. The molecule has 0 heterocycles. The minimum atomic E-state index is -3.34. The molecule has 1 rings (SSSR count). The molecule has 0 bridgehead atoms. The van der Waals surface area contributed by atoms with Crippen molar-refractivity contribution >= 4 is 12.4 Å². The lowest BCUT2D eigenvalue weighted by atomic mass is 10.0. The molecule has 0 aliphatic rings. The van der Waals surface area contributed by atoms with Crippen LogP contribution in [-0.2, 0) is 10.7 Å². The van der Waals surface area contributed by atoms with E-state index in [2.05, 4.69) is 4.74 Å². The number of methoxy groups -OCH3 is 1. The molecule has 1 aromatic carbocycles. The number of halogens is 4. The van der Waals surface area contributed by atoms with Gasteiger partial charge in [0.1, 0.15) is 12.4 Å². The molecule has 1 unspecified atom stereocenters. The third kappa shape index (κ3) is 3.59. The van der Waals surface area contributed by atoms with Gasteiger partial charge in [0.25, 0.3) is 5.92 Å². The van der Waals surface area contributed by atoms with E-state index in [4.69, 9.17) is 5.73 Å². The van der Waals surface area contributed by atoms with E-state index in [9.17, 15) is 13.2 Å². The highest BCUT2D eigenvalue weighted by molar-refractivity contribution is 5.85. The van der Waals surface area contributed by atoms with Crippen LogP contribution in [0.2, 0.25) is 0 Å². The lowest BCUT2D eigenvalue weighted by Gasteiger charge is -2.18. The summed E-state index contributed by atoms with van der Waals surface area (Å²) in [6, 6.07) is 3.17. The van der Waals surface area contributed by atoms with Crippen LogP contribution >= 0.6 is 12.4 Å². The minimum absolute atomic E-state index is 0. The first kappa shape index (κ1) is 16.2. The van der Waals surface area contributed by atoms with Crippen molar-refractivity contribution in [3.05, 3.63) is 35.1 Å². The Labute approximate surface area is 104 Å². The molecule has 0 fully saturated rings. The van der Waals surface area contributed by atoms with E-state index >= 15 is 0 Å². The van der Waals surface area contributed by atoms with Crippen molar-refractivity contribution < 1.29 is 17.9 Å². The fourth-order valence-electron chi connectivity index (χ4n) is 1.44. The van der Waals surface area contributed by atoms with E-state index in [-0.39, 0.29) is 18.0 Å². The van der Waals surface area contributed by atoms with Crippen molar-refractivity contribution in [3.8, 4) is 0 Å². The second-order valence-electron chi connectivity index (χ2n) is 3.63. The summed E-state index contributed by atoms with van der Waals surface area (Å²) < 4.78 is 45.0. The maximum absolute atomic E-state index is 13.7. The van der Waals surface area contributed by atoms with Crippen LogP contribution < -0.4 is 5.73 Å². The fraction of sp³-hybridized carbons (Fsp3) is 0.455. The average molecular weight is 270 g/mol. The van der Waals surface area contributed by atoms with Crippen LogP contribution in [0.5, 0.6) is 0 Å². The van der Waals surface area contributed by atoms with Crippen molar-refractivity contribution in [1.82, 2.24) is 0 Å². The van der Waals surface area contributed by atoms with Gasteiger partial charge < -0.3 is 10.5 Å². The summed E-state index contributed by atoms with van der Waals surface area (Å²) in [4.78, 5) is 0. The molecular weight excluding hydrogens is 255 g/mol. The molecule has 0 aromatic heterocycles. The molecule has 17 heavy (non-hydrogen) atoms. The molecule has 0 saturated heterocycles. The van der Waals surface area contributed by atoms with Crippen molar-refractivity contribution in [1.29, 1.82) is 0 Å². The Balaban J connectivity index is 0.00000256. The van der Waals surface area contributed by atoms with Crippen LogP contribution in [0.15, 0.2) is 18.2 Å². The Morgan fingerprint density at radius 3 is 2.47 bits per heavy atom. The third-order valence-electron chi connectivity index (χ3n) is 2.24. The van der Waals surface area contributed by atoms with Crippen LogP contribution in [0.25, 0.3) is 0 Å². The van der Waals surface area contributed by atoms with Gasteiger partial charge in [-0.25, -0.2) is 4.39 Å². The Hall–Kier alpha value is -0.780. The van der Waals surface area contributed by atoms with Gasteiger partial charge >= 0.3 is 0 Å². The largest absolute Gasteiger partial charge is 0.378 e. The Morgan fingerprint density at radius 1 is 1.41 bits per heavy atom. The van der Waals surface area contributed by atoms with Gasteiger partial charge in [-0.05, 0) is 13.0 Å². The molecule has 2 nitrogen and oxygen atoms in total. The van der Waals surface area contributed by atoms with Gasteiger partial charge in [-0.1, -0.05) is 12.1 Å². The van der Waals surface area contributed by atoms with E-state index in [0.717, 1.165) is 13.2 Å². The van der Waals surface area contributed by atoms with Crippen LogP contribution in [0.1, 0.15) is 24.1 Å². The number of hydrogen-bond donors (Lipinski definition) is 1. The summed E-state index contributed by atoms with van der Waals surface area (Å²) in [6.07, 6.45) is 0. The third-order valence-corrected chi connectivity index (χ3v) is 2.24. The molecule has 0 spiro atoms. The zero-order valence-corrected chi connectivity index (χ0v) is 10.4. The summed E-state index contributed by atoms with van der Waals surface area (Å²) in [6.45, 7) is 0.684. The van der Waals surface area contributed by atoms with Crippen molar-refractivity contribution in [2.24, 2.45) is 5.73 Å². The second kappa shape index (κ2) is 6.23. The molecule has 0 radical (unpaired) electrons. The molecule has 0 saturated carbocycles. The summed E-state index contributed by atoms with van der Waals surface area (Å²) >= 11 is 0. The highest BCUT2D eigenvalue weighted by atomic mass is 35.5. The van der Waals surface area contributed by atoms with Gasteiger partial charge in [-0.15, -0.1) is 12.4 Å². The highest BCUT2D eigenvalue weighted by Gasteiger charge is 2.35. The van der Waals surface area contributed by atoms with E-state index in [1.165, 1.54) is 19.1 Å². The monoisotopic (exact) mass is 269 g/mol. The lowest BCUT2D eigenvalue weighted by Crippen LogP contribution is -2.23. The highest BCUT2D eigenvalue weighted by Crippen LogP contribution is 2.32. The number of ether oxygens (including phenoxy) is 1. The fourth-order valence-corrected chi connectivity index (χ4v) is 1.44. The van der Waals surface area contributed by atoms with Crippen LogP contribution in [0.4, 0.5) is 13.2 Å². The van der Waals surface area contributed by atoms with Gasteiger partial charge in [0.15, 0.2) is 0 Å². The molecule has 0 amide bonds. The zero-order chi connectivity index (χ0) is 12.3. The Bertz CT molecular complexity index is 372. The molecule has 1 atom stereocenters. The molecule has 0 aliphatic carbocycles. The second-order valence-corrected chi connectivity index (χ2v) is 3.63. The predicted molar refractivity (Wildman–Crippen MR) is 62.0 cm³/mol. The van der Waals surface area contributed by atoms with Gasteiger partial charge in [-0.3, -0.25) is 0 Å². The Morgan fingerprint density at radius 2 is 2.00 bits per heavy atom. The van der Waals surface area contributed by atoms with E-state index in [1.807, 2.05) is 0 Å². The Kier molecular flexibility index (Phi) is 5.95. The minimum Gasteiger partial charge on any atom is -0.378 e. The van der Waals surface area contributed by atoms with Crippen LogP contribution in [0, 0.1) is 5.82 Å². The number of benzene rings is 1. The molecule has 0 aliphatic heterocycles. The van der Waals surface area contributed by atoms with Gasteiger partial charge in [0.2, 0.25) is 0 Å². The van der Waals surface area contributed by atoms with Crippen molar-refractivity contribution in [2.45, 2.75) is 18.9 Å². The number of rotatable bonds is 4. The molecule has 2 N–H and O–H groups in total. The first-order chi connectivity index (χ1) is 7.40. The molecule has 98 valence electrons. The number of alkyl halides is 2. The smallest absolute Gasteiger partial charge is 0.298 e. The zero-order valence-electron chi connectivity index (χ0n) is 9.54. The van der Waals surface area contributed by atoms with Gasteiger partial charge in [-0.2, -0.15) is 8.78 Å². The lowest BCUT2D eigenvalue weighted by molar-refractivity contribution is -0.0722. The molecular formula is C11H15ClF3NO. The summed E-state index contributed by atoms with van der Waals surface area (Å²) in [5.74, 6) is -4.30. The summed E-state index contributed by atoms with van der Waals surface area (Å²) in [7, 11) is 1.14. The maximum atomic E-state index is 13.7. The summed E-state index contributed by atoms with van der Waals surface area (Å²) in [5, 5.41) is 0. The molecule has 1 aromatic rings. The van der Waals surface area contributed by atoms with Crippen molar-refractivity contribution in [3.63, 3.8) is 0 Å². The van der Waals surface area contributed by atoms with Crippen LogP contribution in [-0.4, -0.2) is 13.7 Å². The average Bonchev–Trinajstić information content (AvgIpc) is 2.17. The van der Waals surface area contributed by atoms with E-state index in [0.29, 0.717) is 0 Å². The van der Waals surface area contributed by atoms with Crippen molar-refractivity contribution in [2.75, 3.05) is 13.7 Å². The number of hydrogen-bond acceptors (Lipinski definition) is 2. The number of nitrogens with two attached hydrogens (primary N) is 1. The SMILES string of the molecule is COCC(F)(F)c1cccc(C(C)N)c1F.Cl.